The molecule has 1 saturated heterocycles. The van der Waals surface area contributed by atoms with Crippen LogP contribution in [0.2, 0.25) is 0 Å². The molecule has 21 heavy (non-hydrogen) atoms. The topological polar surface area (TPSA) is 47.3 Å². The molecule has 1 aliphatic rings. The quantitative estimate of drug-likeness (QED) is 0.853. The van der Waals surface area contributed by atoms with Crippen molar-refractivity contribution in [1.29, 1.82) is 0 Å². The van der Waals surface area contributed by atoms with Gasteiger partial charge in [-0.3, -0.25) is 0 Å². The van der Waals surface area contributed by atoms with Crippen LogP contribution in [0, 0.1) is 0 Å². The first-order valence-corrected chi connectivity index (χ1v) is 7.50. The molecule has 0 radical (unpaired) electrons. The highest BCUT2D eigenvalue weighted by molar-refractivity contribution is 5.38. The molecule has 0 spiro atoms. The molecule has 1 heterocycles. The van der Waals surface area contributed by atoms with Crippen LogP contribution in [0.3, 0.4) is 0 Å². The minimum atomic E-state index is 0.184. The van der Waals surface area contributed by atoms with E-state index in [1.165, 1.54) is 11.1 Å². The fourth-order valence-corrected chi connectivity index (χ4v) is 2.94. The van der Waals surface area contributed by atoms with E-state index in [4.69, 9.17) is 10.5 Å². The summed E-state index contributed by atoms with van der Waals surface area (Å²) in [4.78, 5) is 0. The lowest BCUT2D eigenvalue weighted by atomic mass is 9.71. The van der Waals surface area contributed by atoms with Crippen molar-refractivity contribution in [1.82, 2.24) is 5.32 Å². The zero-order valence-electron chi connectivity index (χ0n) is 12.2. The molecule has 3 N–H and O–H groups in total. The van der Waals surface area contributed by atoms with Crippen LogP contribution >= 0.6 is 0 Å². The molecule has 1 fully saturated rings. The molecule has 0 saturated carbocycles. The summed E-state index contributed by atoms with van der Waals surface area (Å²) in [6.07, 6.45) is 1.06. The minimum Gasteiger partial charge on any atom is -0.492 e. The maximum atomic E-state index is 5.66. The SMILES string of the molecule is NCCOc1cccc(C2(Cc3ccccc3)CNC2)c1. The third-order valence-electron chi connectivity index (χ3n) is 4.15. The molecule has 0 amide bonds. The van der Waals surface area contributed by atoms with Crippen LogP contribution in [0.4, 0.5) is 0 Å². The van der Waals surface area contributed by atoms with Gasteiger partial charge in [0.1, 0.15) is 12.4 Å². The summed E-state index contributed by atoms with van der Waals surface area (Å²) in [5.41, 5.74) is 8.42. The van der Waals surface area contributed by atoms with Crippen molar-refractivity contribution >= 4 is 0 Å². The average molecular weight is 282 g/mol. The summed E-state index contributed by atoms with van der Waals surface area (Å²) in [6.45, 7) is 3.14. The molecule has 110 valence electrons. The number of hydrogen-bond donors (Lipinski definition) is 2. The summed E-state index contributed by atoms with van der Waals surface area (Å²) in [5.74, 6) is 0.914. The van der Waals surface area contributed by atoms with Crippen LogP contribution < -0.4 is 15.8 Å². The third kappa shape index (κ3) is 3.09. The van der Waals surface area contributed by atoms with E-state index in [1.807, 2.05) is 6.07 Å². The largest absolute Gasteiger partial charge is 0.492 e. The molecule has 2 aromatic rings. The fraction of sp³-hybridized carbons (Fsp3) is 0.333. The highest BCUT2D eigenvalue weighted by Gasteiger charge is 2.38. The van der Waals surface area contributed by atoms with Gasteiger partial charge in [-0.15, -0.1) is 0 Å². The Labute approximate surface area is 126 Å². The van der Waals surface area contributed by atoms with Crippen LogP contribution in [-0.4, -0.2) is 26.2 Å². The first-order chi connectivity index (χ1) is 10.3. The predicted octanol–water partition coefficient (Wildman–Crippen LogP) is 2.11. The monoisotopic (exact) mass is 282 g/mol. The molecule has 3 heteroatoms. The van der Waals surface area contributed by atoms with E-state index >= 15 is 0 Å². The molecule has 3 nitrogen and oxygen atoms in total. The second kappa shape index (κ2) is 6.29. The van der Waals surface area contributed by atoms with Gasteiger partial charge in [-0.1, -0.05) is 42.5 Å². The Balaban J connectivity index is 1.82. The first kappa shape index (κ1) is 14.1. The number of nitrogens with one attached hydrogen (secondary N) is 1. The van der Waals surface area contributed by atoms with Crippen molar-refractivity contribution in [3.8, 4) is 5.75 Å². The van der Waals surface area contributed by atoms with Gasteiger partial charge in [0.25, 0.3) is 0 Å². The zero-order valence-corrected chi connectivity index (χ0v) is 12.2. The maximum absolute atomic E-state index is 5.66. The van der Waals surface area contributed by atoms with Gasteiger partial charge in [-0.25, -0.2) is 0 Å². The zero-order chi connectivity index (χ0) is 14.5. The number of nitrogens with two attached hydrogens (primary N) is 1. The van der Waals surface area contributed by atoms with Gasteiger partial charge in [0.2, 0.25) is 0 Å². The number of hydrogen-bond acceptors (Lipinski definition) is 3. The van der Waals surface area contributed by atoms with Crippen molar-refractivity contribution in [2.45, 2.75) is 11.8 Å². The number of rotatable bonds is 6. The molecule has 3 rings (SSSR count). The molecule has 1 aliphatic heterocycles. The number of benzene rings is 2. The van der Waals surface area contributed by atoms with Crippen LogP contribution in [0.25, 0.3) is 0 Å². The second-order valence-electron chi connectivity index (χ2n) is 5.71. The number of ether oxygens (including phenoxy) is 1. The maximum Gasteiger partial charge on any atom is 0.119 e. The Hall–Kier alpha value is -1.84. The van der Waals surface area contributed by atoms with Crippen LogP contribution in [0.1, 0.15) is 11.1 Å². The van der Waals surface area contributed by atoms with Gasteiger partial charge in [0.05, 0.1) is 0 Å². The lowest BCUT2D eigenvalue weighted by Gasteiger charge is -2.43. The molecule has 0 unspecified atom stereocenters. The van der Waals surface area contributed by atoms with Gasteiger partial charge < -0.3 is 15.8 Å². The lowest BCUT2D eigenvalue weighted by molar-refractivity contribution is 0.272. The van der Waals surface area contributed by atoms with E-state index in [9.17, 15) is 0 Å². The molecule has 2 aromatic carbocycles. The van der Waals surface area contributed by atoms with E-state index in [-0.39, 0.29) is 5.41 Å². The van der Waals surface area contributed by atoms with Crippen molar-refractivity contribution in [2.24, 2.45) is 5.73 Å². The third-order valence-corrected chi connectivity index (χ3v) is 4.15. The lowest BCUT2D eigenvalue weighted by Crippen LogP contribution is -2.58. The van der Waals surface area contributed by atoms with Crippen LogP contribution in [-0.2, 0) is 11.8 Å². The van der Waals surface area contributed by atoms with E-state index in [2.05, 4.69) is 53.8 Å². The standard InChI is InChI=1S/C18H22N2O/c19-9-10-21-17-8-4-7-16(11-17)18(13-20-14-18)12-15-5-2-1-3-6-15/h1-8,11,20H,9-10,12-14,19H2. The minimum absolute atomic E-state index is 0.184. The highest BCUT2D eigenvalue weighted by Crippen LogP contribution is 2.34. The Morgan fingerprint density at radius 1 is 1.05 bits per heavy atom. The van der Waals surface area contributed by atoms with Gasteiger partial charge in [0, 0.05) is 25.0 Å². The second-order valence-corrected chi connectivity index (χ2v) is 5.71. The Bertz CT molecular complexity index is 579. The van der Waals surface area contributed by atoms with Crippen molar-refractivity contribution in [3.05, 3.63) is 65.7 Å². The van der Waals surface area contributed by atoms with Crippen LogP contribution in [0.15, 0.2) is 54.6 Å². The molecular formula is C18H22N2O. The predicted molar refractivity (Wildman–Crippen MR) is 85.7 cm³/mol. The summed E-state index contributed by atoms with van der Waals surface area (Å²) < 4.78 is 5.66. The van der Waals surface area contributed by atoms with Gasteiger partial charge in [0.15, 0.2) is 0 Å². The molecule has 0 atom stereocenters. The van der Waals surface area contributed by atoms with Gasteiger partial charge >= 0.3 is 0 Å². The summed E-state index contributed by atoms with van der Waals surface area (Å²) >= 11 is 0. The fourth-order valence-electron chi connectivity index (χ4n) is 2.94. The van der Waals surface area contributed by atoms with Gasteiger partial charge in [-0.2, -0.15) is 0 Å². The normalized spacial score (nSPS) is 16.2. The van der Waals surface area contributed by atoms with Crippen LogP contribution in [0.5, 0.6) is 5.75 Å². The summed E-state index contributed by atoms with van der Waals surface area (Å²) in [7, 11) is 0. The Morgan fingerprint density at radius 3 is 2.52 bits per heavy atom. The van der Waals surface area contributed by atoms with E-state index in [0.29, 0.717) is 13.2 Å². The smallest absolute Gasteiger partial charge is 0.119 e. The average Bonchev–Trinajstić information content (AvgIpc) is 2.50. The van der Waals surface area contributed by atoms with Crippen molar-refractivity contribution in [3.63, 3.8) is 0 Å². The van der Waals surface area contributed by atoms with E-state index < -0.39 is 0 Å². The summed E-state index contributed by atoms with van der Waals surface area (Å²) in [5, 5.41) is 3.42. The molecular weight excluding hydrogens is 260 g/mol. The first-order valence-electron chi connectivity index (χ1n) is 7.50. The molecule has 0 bridgehead atoms. The highest BCUT2D eigenvalue weighted by atomic mass is 16.5. The van der Waals surface area contributed by atoms with Crippen molar-refractivity contribution < 1.29 is 4.74 Å². The van der Waals surface area contributed by atoms with E-state index in [1.54, 1.807) is 0 Å². The molecule has 0 aliphatic carbocycles. The van der Waals surface area contributed by atoms with Gasteiger partial charge in [-0.05, 0) is 29.7 Å². The van der Waals surface area contributed by atoms with E-state index in [0.717, 1.165) is 25.3 Å². The molecule has 0 aromatic heterocycles. The summed E-state index contributed by atoms with van der Waals surface area (Å²) in [6, 6.07) is 19.1. The van der Waals surface area contributed by atoms with Crippen molar-refractivity contribution in [2.75, 3.05) is 26.2 Å². The Morgan fingerprint density at radius 2 is 1.86 bits per heavy atom. The Kier molecular flexibility index (Phi) is 4.23.